The van der Waals surface area contributed by atoms with Crippen molar-refractivity contribution in [2.45, 2.75) is 9.79 Å². The fraction of sp³-hybridized carbons (Fsp3) is 0.125. The van der Waals surface area contributed by atoms with E-state index < -0.39 is 31.6 Å². The van der Waals surface area contributed by atoms with Crippen molar-refractivity contribution >= 4 is 54.8 Å². The molecule has 3 N–H and O–H groups in total. The topological polar surface area (TPSA) is 149 Å². The second-order valence-corrected chi connectivity index (χ2v) is 10.3. The molecular formula is C16H15Cl2NO7S2. The van der Waals surface area contributed by atoms with Gasteiger partial charge in [-0.3, -0.25) is 4.79 Å². The van der Waals surface area contributed by atoms with E-state index in [-0.39, 0.29) is 31.0 Å². The molecule has 8 nitrogen and oxygen atoms in total. The predicted molar refractivity (Wildman–Crippen MR) is 105 cm³/mol. The molecule has 12 heteroatoms. The van der Waals surface area contributed by atoms with Crippen LogP contribution in [-0.4, -0.2) is 46.3 Å². The fourth-order valence-corrected chi connectivity index (χ4v) is 3.78. The largest absolute Gasteiger partial charge is 0.478 e. The Hall–Kier alpha value is -2.14. The van der Waals surface area contributed by atoms with Gasteiger partial charge < -0.3 is 10.8 Å². The van der Waals surface area contributed by atoms with Crippen molar-refractivity contribution in [3.8, 4) is 0 Å². The van der Waals surface area contributed by atoms with Crippen LogP contribution in [0.1, 0.15) is 20.7 Å². The minimum absolute atomic E-state index is 0.00694. The molecule has 0 aliphatic heterocycles. The first-order chi connectivity index (χ1) is 12.6. The molecule has 1 amide bonds. The van der Waals surface area contributed by atoms with Gasteiger partial charge in [-0.1, -0.05) is 23.2 Å². The third kappa shape index (κ3) is 6.48. The van der Waals surface area contributed by atoms with Crippen LogP contribution < -0.4 is 5.73 Å². The summed E-state index contributed by atoms with van der Waals surface area (Å²) in [5.74, 6) is -1.87. The monoisotopic (exact) mass is 467 g/mol. The summed E-state index contributed by atoms with van der Waals surface area (Å²) >= 11 is 11.3. The highest BCUT2D eigenvalue weighted by Crippen LogP contribution is 2.21. The number of carboxylic acids is 1. The van der Waals surface area contributed by atoms with Gasteiger partial charge in [-0.2, -0.15) is 0 Å². The van der Waals surface area contributed by atoms with Crippen LogP contribution in [0.3, 0.4) is 0 Å². The highest BCUT2D eigenvalue weighted by Gasteiger charge is 2.13. The smallest absolute Gasteiger partial charge is 0.337 e. The van der Waals surface area contributed by atoms with E-state index in [4.69, 9.17) is 34.0 Å². The summed E-state index contributed by atoms with van der Waals surface area (Å²) < 4.78 is 44.3. The SMILES string of the molecule is CS(=O)(=O)c1ccc(C(=O)O)c(Cl)c1.CS(=O)(=O)c1ccc(C(N)=O)c(Cl)c1. The zero-order valence-corrected chi connectivity index (χ0v) is 17.7. The molecule has 2 rings (SSSR count). The third-order valence-electron chi connectivity index (χ3n) is 3.23. The predicted octanol–water partition coefficient (Wildman–Crippen LogP) is 2.28. The first-order valence-electron chi connectivity index (χ1n) is 7.17. The molecule has 0 heterocycles. The number of halogens is 2. The second-order valence-electron chi connectivity index (χ2n) is 5.50. The van der Waals surface area contributed by atoms with Crippen molar-refractivity contribution in [1.82, 2.24) is 0 Å². The molecule has 0 unspecified atom stereocenters. The minimum Gasteiger partial charge on any atom is -0.478 e. The van der Waals surface area contributed by atoms with E-state index in [1.54, 1.807) is 0 Å². The van der Waals surface area contributed by atoms with Gasteiger partial charge in [0.15, 0.2) is 19.7 Å². The maximum Gasteiger partial charge on any atom is 0.337 e. The summed E-state index contributed by atoms with van der Waals surface area (Å²) in [6, 6.07) is 7.30. The molecule has 0 fully saturated rings. The van der Waals surface area contributed by atoms with Crippen molar-refractivity contribution < 1.29 is 31.5 Å². The number of benzene rings is 2. The van der Waals surface area contributed by atoms with E-state index >= 15 is 0 Å². The number of hydrogen-bond acceptors (Lipinski definition) is 6. The number of primary amides is 1. The first-order valence-corrected chi connectivity index (χ1v) is 11.7. The molecule has 0 radical (unpaired) electrons. The zero-order valence-electron chi connectivity index (χ0n) is 14.5. The molecule has 0 spiro atoms. The van der Waals surface area contributed by atoms with Gasteiger partial charge in [0.05, 0.1) is 31.0 Å². The van der Waals surface area contributed by atoms with Crippen molar-refractivity contribution in [2.75, 3.05) is 12.5 Å². The van der Waals surface area contributed by atoms with Crippen molar-refractivity contribution in [2.24, 2.45) is 5.73 Å². The molecule has 0 aliphatic carbocycles. The zero-order chi connectivity index (χ0) is 21.9. The lowest BCUT2D eigenvalue weighted by atomic mass is 10.2. The molecule has 152 valence electrons. The number of amides is 1. The third-order valence-corrected chi connectivity index (χ3v) is 6.08. The van der Waals surface area contributed by atoms with Gasteiger partial charge in [-0.05, 0) is 36.4 Å². The van der Waals surface area contributed by atoms with Gasteiger partial charge in [-0.25, -0.2) is 21.6 Å². The lowest BCUT2D eigenvalue weighted by molar-refractivity contribution is 0.0696. The number of nitrogens with two attached hydrogens (primary N) is 1. The molecule has 28 heavy (non-hydrogen) atoms. The van der Waals surface area contributed by atoms with Gasteiger partial charge in [0.1, 0.15) is 0 Å². The Morgan fingerprint density at radius 1 is 0.821 bits per heavy atom. The summed E-state index contributed by atoms with van der Waals surface area (Å²) in [5, 5.41) is 8.58. The van der Waals surface area contributed by atoms with Crippen molar-refractivity contribution in [1.29, 1.82) is 0 Å². The number of hydrogen-bond donors (Lipinski definition) is 2. The Kier molecular flexibility index (Phi) is 7.60. The van der Waals surface area contributed by atoms with Crippen LogP contribution in [0.15, 0.2) is 46.2 Å². The Labute approximate surface area is 171 Å². The summed E-state index contributed by atoms with van der Waals surface area (Å²) in [7, 11) is -6.65. The highest BCUT2D eigenvalue weighted by atomic mass is 35.5. The van der Waals surface area contributed by atoms with E-state index in [2.05, 4.69) is 0 Å². The van der Waals surface area contributed by atoms with Gasteiger partial charge in [0.2, 0.25) is 5.91 Å². The normalized spacial score (nSPS) is 11.3. The lowest BCUT2D eigenvalue weighted by Gasteiger charge is -2.02. The van der Waals surface area contributed by atoms with Crippen LogP contribution >= 0.6 is 23.2 Å². The molecule has 2 aromatic carbocycles. The molecule has 2 aromatic rings. The maximum atomic E-state index is 11.1. The van der Waals surface area contributed by atoms with Crippen molar-refractivity contribution in [3.63, 3.8) is 0 Å². The van der Waals surface area contributed by atoms with E-state index in [1.807, 2.05) is 0 Å². The van der Waals surface area contributed by atoms with Gasteiger partial charge in [-0.15, -0.1) is 0 Å². The van der Waals surface area contributed by atoms with E-state index in [9.17, 15) is 26.4 Å². The maximum absolute atomic E-state index is 11.1. The molecule has 0 saturated carbocycles. The van der Waals surface area contributed by atoms with E-state index in [0.29, 0.717) is 0 Å². The average molecular weight is 468 g/mol. The Balaban J connectivity index is 0.000000280. The summed E-state index contributed by atoms with van der Waals surface area (Å²) in [5.41, 5.74) is 5.00. The quantitative estimate of drug-likeness (QED) is 0.699. The van der Waals surface area contributed by atoms with Crippen LogP contribution in [0.2, 0.25) is 10.0 Å². The number of aromatic carboxylic acids is 1. The summed E-state index contributed by atoms with van der Waals surface area (Å²) in [6.45, 7) is 0. The average Bonchev–Trinajstić information content (AvgIpc) is 2.52. The summed E-state index contributed by atoms with van der Waals surface area (Å²) in [6.07, 6.45) is 2.09. The van der Waals surface area contributed by atoms with E-state index in [0.717, 1.165) is 18.6 Å². The van der Waals surface area contributed by atoms with Gasteiger partial charge in [0.25, 0.3) is 0 Å². The second kappa shape index (κ2) is 8.91. The molecular weight excluding hydrogens is 453 g/mol. The first kappa shape index (κ1) is 23.9. The number of rotatable bonds is 4. The van der Waals surface area contributed by atoms with Crippen LogP contribution in [0, 0.1) is 0 Å². The number of carboxylic acid groups (broad SMARTS) is 1. The van der Waals surface area contributed by atoms with Gasteiger partial charge in [0, 0.05) is 12.5 Å². The molecule has 0 atom stereocenters. The molecule has 0 bridgehead atoms. The van der Waals surface area contributed by atoms with E-state index in [1.165, 1.54) is 30.3 Å². The minimum atomic E-state index is -3.35. The summed E-state index contributed by atoms with van der Waals surface area (Å²) in [4.78, 5) is 21.4. The number of carbonyl (C=O) groups is 2. The Morgan fingerprint density at radius 2 is 1.18 bits per heavy atom. The Bertz CT molecular complexity index is 1050. The highest BCUT2D eigenvalue weighted by molar-refractivity contribution is 7.91. The van der Waals surface area contributed by atoms with Crippen LogP contribution in [-0.2, 0) is 19.7 Å². The van der Waals surface area contributed by atoms with Gasteiger partial charge >= 0.3 is 5.97 Å². The molecule has 0 aliphatic rings. The fourth-order valence-electron chi connectivity index (χ4n) is 1.83. The van der Waals surface area contributed by atoms with Crippen molar-refractivity contribution in [3.05, 3.63) is 57.6 Å². The standard InChI is InChI=1S/C8H8ClNO3S.C8H7ClO4S/c2*1-14(12,13)5-2-3-6(8(10)11)7(9)4-5/h2-4H,1H3,(H2,10,11);2-4H,1H3,(H,10,11). The Morgan fingerprint density at radius 3 is 1.43 bits per heavy atom. The molecule has 0 saturated heterocycles. The molecule has 0 aromatic heterocycles. The van der Waals surface area contributed by atoms with Crippen LogP contribution in [0.4, 0.5) is 0 Å². The van der Waals surface area contributed by atoms with Crippen LogP contribution in [0.5, 0.6) is 0 Å². The number of carbonyl (C=O) groups excluding carboxylic acids is 1. The number of sulfone groups is 2. The van der Waals surface area contributed by atoms with Crippen LogP contribution in [0.25, 0.3) is 0 Å². The lowest BCUT2D eigenvalue weighted by Crippen LogP contribution is -2.12.